The van der Waals surface area contributed by atoms with Gasteiger partial charge in [-0.25, -0.2) is 0 Å². The van der Waals surface area contributed by atoms with E-state index in [4.69, 9.17) is 0 Å². The highest BCUT2D eigenvalue weighted by atomic mass is 16.2. The van der Waals surface area contributed by atoms with Crippen molar-refractivity contribution in [1.29, 1.82) is 0 Å². The first-order chi connectivity index (χ1) is 11.6. The van der Waals surface area contributed by atoms with Crippen LogP contribution in [0, 0.1) is 17.8 Å². The van der Waals surface area contributed by atoms with E-state index in [1.807, 2.05) is 11.9 Å². The molecular weight excluding hydrogens is 300 g/mol. The molecule has 0 unspecified atom stereocenters. The molecule has 0 spiro atoms. The van der Waals surface area contributed by atoms with Crippen molar-refractivity contribution >= 4 is 11.9 Å². The van der Waals surface area contributed by atoms with Crippen molar-refractivity contribution < 1.29 is 4.79 Å². The fraction of sp³-hybridized carbons (Fsp3) is 0.895. The van der Waals surface area contributed by atoms with Crippen LogP contribution in [0.5, 0.6) is 0 Å². The Morgan fingerprint density at radius 3 is 2.29 bits per heavy atom. The summed E-state index contributed by atoms with van der Waals surface area (Å²) in [5, 5.41) is 3.59. The minimum Gasteiger partial charge on any atom is -0.356 e. The Labute approximate surface area is 147 Å². The van der Waals surface area contributed by atoms with E-state index >= 15 is 0 Å². The van der Waals surface area contributed by atoms with Gasteiger partial charge in [0.1, 0.15) is 0 Å². The highest BCUT2D eigenvalue weighted by Crippen LogP contribution is 2.28. The van der Waals surface area contributed by atoms with E-state index in [9.17, 15) is 4.79 Å². The van der Waals surface area contributed by atoms with Crippen LogP contribution in [0.15, 0.2) is 4.99 Å². The van der Waals surface area contributed by atoms with Crippen LogP contribution in [0.3, 0.4) is 0 Å². The Morgan fingerprint density at radius 2 is 1.75 bits per heavy atom. The number of aliphatic imine (C=N–C) groups is 1. The number of nitrogens with zero attached hydrogens (tertiary/aromatic N) is 3. The number of carbonyl (C=O) groups excluding carboxylic acids is 1. The summed E-state index contributed by atoms with van der Waals surface area (Å²) in [5.41, 5.74) is 0. The summed E-state index contributed by atoms with van der Waals surface area (Å²) in [6.07, 6.45) is 6.06. The molecule has 5 nitrogen and oxygen atoms in total. The smallest absolute Gasteiger partial charge is 0.219 e. The second-order valence-electron chi connectivity index (χ2n) is 7.45. The lowest BCUT2D eigenvalue weighted by molar-refractivity contribution is -0.130. The van der Waals surface area contributed by atoms with Gasteiger partial charge in [-0.05, 0) is 37.0 Å². The molecule has 0 aromatic heterocycles. The van der Waals surface area contributed by atoms with Crippen molar-refractivity contribution in [3.63, 3.8) is 0 Å². The summed E-state index contributed by atoms with van der Waals surface area (Å²) in [6, 6.07) is 0. The van der Waals surface area contributed by atoms with Gasteiger partial charge in [0, 0.05) is 46.7 Å². The third kappa shape index (κ3) is 4.87. The van der Waals surface area contributed by atoms with Crippen molar-refractivity contribution in [2.75, 3.05) is 39.8 Å². The molecule has 1 amide bonds. The number of rotatable bonds is 5. The molecule has 1 N–H and O–H groups in total. The highest BCUT2D eigenvalue weighted by Gasteiger charge is 2.29. The number of nitrogens with one attached hydrogen (secondary N) is 1. The zero-order valence-corrected chi connectivity index (χ0v) is 16.1. The largest absolute Gasteiger partial charge is 0.356 e. The van der Waals surface area contributed by atoms with E-state index in [0.29, 0.717) is 5.92 Å². The molecule has 0 radical (unpaired) electrons. The monoisotopic (exact) mass is 336 g/mol. The average Bonchev–Trinajstić information content (AvgIpc) is 3.07. The van der Waals surface area contributed by atoms with Crippen LogP contribution >= 0.6 is 0 Å². The molecule has 24 heavy (non-hydrogen) atoms. The summed E-state index contributed by atoms with van der Waals surface area (Å²) in [6.45, 7) is 11.4. The number of amides is 1. The van der Waals surface area contributed by atoms with Crippen LogP contribution in [-0.4, -0.2) is 61.4 Å². The number of likely N-dealkylation sites (tertiary alicyclic amines) is 2. The van der Waals surface area contributed by atoms with Gasteiger partial charge in [-0.15, -0.1) is 0 Å². The van der Waals surface area contributed by atoms with Crippen LogP contribution in [0.1, 0.15) is 52.9 Å². The minimum atomic E-state index is 0.210. The Bertz CT molecular complexity index is 425. The van der Waals surface area contributed by atoms with Crippen molar-refractivity contribution in [2.45, 2.75) is 52.9 Å². The predicted molar refractivity (Wildman–Crippen MR) is 100 cm³/mol. The maximum atomic E-state index is 11.4. The summed E-state index contributed by atoms with van der Waals surface area (Å²) >= 11 is 0. The second kappa shape index (κ2) is 9.28. The van der Waals surface area contributed by atoms with Crippen LogP contribution in [0.25, 0.3) is 0 Å². The maximum Gasteiger partial charge on any atom is 0.219 e. The zero-order chi connectivity index (χ0) is 17.5. The number of carbonyl (C=O) groups is 1. The van der Waals surface area contributed by atoms with Gasteiger partial charge in [-0.2, -0.15) is 0 Å². The van der Waals surface area contributed by atoms with Crippen molar-refractivity contribution in [1.82, 2.24) is 15.1 Å². The molecule has 2 aliphatic heterocycles. The molecule has 1 atom stereocenters. The summed E-state index contributed by atoms with van der Waals surface area (Å²) < 4.78 is 0. The van der Waals surface area contributed by atoms with E-state index in [1.54, 1.807) is 6.92 Å². The molecule has 2 fully saturated rings. The normalized spacial score (nSPS) is 23.2. The topological polar surface area (TPSA) is 47.9 Å². The molecular formula is C19H36N4O. The Balaban J connectivity index is 1.76. The van der Waals surface area contributed by atoms with Crippen LogP contribution in [0.2, 0.25) is 0 Å². The van der Waals surface area contributed by atoms with Gasteiger partial charge in [0.25, 0.3) is 0 Å². The molecule has 2 saturated heterocycles. The van der Waals surface area contributed by atoms with E-state index < -0.39 is 0 Å². The fourth-order valence-corrected chi connectivity index (χ4v) is 4.34. The molecule has 0 aliphatic carbocycles. The lowest BCUT2D eigenvalue weighted by Crippen LogP contribution is -2.45. The van der Waals surface area contributed by atoms with Gasteiger partial charge < -0.3 is 15.1 Å². The summed E-state index contributed by atoms with van der Waals surface area (Å²) in [7, 11) is 1.89. The Morgan fingerprint density at radius 1 is 1.12 bits per heavy atom. The van der Waals surface area contributed by atoms with Gasteiger partial charge in [0.05, 0.1) is 0 Å². The summed E-state index contributed by atoms with van der Waals surface area (Å²) in [5.74, 6) is 3.59. The SMILES string of the molecule is CCC(CC)[C@H]1CCN(C(=NC)NCC2CCN(C(C)=O)CC2)C1. The molecule has 5 heteroatoms. The minimum absolute atomic E-state index is 0.210. The van der Waals surface area contributed by atoms with E-state index in [-0.39, 0.29) is 5.91 Å². The first-order valence-corrected chi connectivity index (χ1v) is 9.80. The zero-order valence-electron chi connectivity index (χ0n) is 16.1. The third-order valence-corrected chi connectivity index (χ3v) is 6.06. The molecule has 0 saturated carbocycles. The summed E-state index contributed by atoms with van der Waals surface area (Å²) in [4.78, 5) is 20.3. The van der Waals surface area contributed by atoms with Crippen molar-refractivity contribution in [2.24, 2.45) is 22.7 Å². The van der Waals surface area contributed by atoms with Crippen molar-refractivity contribution in [3.8, 4) is 0 Å². The highest BCUT2D eigenvalue weighted by molar-refractivity contribution is 5.80. The third-order valence-electron chi connectivity index (χ3n) is 6.06. The van der Waals surface area contributed by atoms with Gasteiger partial charge >= 0.3 is 0 Å². The fourth-order valence-electron chi connectivity index (χ4n) is 4.34. The van der Waals surface area contributed by atoms with Gasteiger partial charge in [-0.1, -0.05) is 26.7 Å². The molecule has 2 rings (SSSR count). The Kier molecular flexibility index (Phi) is 7.38. The van der Waals surface area contributed by atoms with Crippen molar-refractivity contribution in [3.05, 3.63) is 0 Å². The quantitative estimate of drug-likeness (QED) is 0.620. The number of hydrogen-bond donors (Lipinski definition) is 1. The van der Waals surface area contributed by atoms with E-state index in [0.717, 1.165) is 63.4 Å². The molecule has 138 valence electrons. The number of guanidine groups is 1. The van der Waals surface area contributed by atoms with Crippen LogP contribution in [-0.2, 0) is 4.79 Å². The van der Waals surface area contributed by atoms with E-state index in [2.05, 4.69) is 29.1 Å². The Hall–Kier alpha value is -1.26. The standard InChI is InChI=1S/C19H36N4O/c1-5-17(6-2)18-9-12-23(14-18)19(20-4)21-13-16-7-10-22(11-8-16)15(3)24/h16-18H,5-14H2,1-4H3,(H,20,21)/t18-/m0/s1. The predicted octanol–water partition coefficient (Wildman–Crippen LogP) is 2.58. The number of piperidine rings is 1. The van der Waals surface area contributed by atoms with Gasteiger partial charge in [0.2, 0.25) is 5.91 Å². The average molecular weight is 337 g/mol. The maximum absolute atomic E-state index is 11.4. The lowest BCUT2D eigenvalue weighted by atomic mass is 9.87. The first kappa shape index (κ1) is 19.1. The number of hydrogen-bond acceptors (Lipinski definition) is 2. The van der Waals surface area contributed by atoms with Gasteiger partial charge in [0.15, 0.2) is 5.96 Å². The van der Waals surface area contributed by atoms with Crippen LogP contribution < -0.4 is 5.32 Å². The molecule has 0 bridgehead atoms. The molecule has 2 aliphatic rings. The first-order valence-electron chi connectivity index (χ1n) is 9.80. The molecule has 0 aromatic carbocycles. The van der Waals surface area contributed by atoms with Gasteiger partial charge in [-0.3, -0.25) is 9.79 Å². The second-order valence-corrected chi connectivity index (χ2v) is 7.45. The van der Waals surface area contributed by atoms with Crippen LogP contribution in [0.4, 0.5) is 0 Å². The molecule has 0 aromatic rings. The molecule has 2 heterocycles. The van der Waals surface area contributed by atoms with E-state index in [1.165, 1.54) is 19.3 Å². The lowest BCUT2D eigenvalue weighted by Gasteiger charge is -2.32.